The molecule has 0 aliphatic rings. The second-order valence-electron chi connectivity index (χ2n) is 10.1. The minimum atomic E-state index is -5.21. The van der Waals surface area contributed by atoms with Gasteiger partial charge in [0.1, 0.15) is 11.5 Å². The molecule has 0 unspecified atom stereocenters. The first-order valence-corrected chi connectivity index (χ1v) is 12.9. The van der Waals surface area contributed by atoms with E-state index in [1.54, 1.807) is 13.2 Å². The molecule has 262 valence electrons. The number of fused-ring (bicyclic) bond motifs is 1. The fourth-order valence-corrected chi connectivity index (χ4v) is 4.20. The molecule has 2 aromatic carbocycles. The third-order valence-corrected chi connectivity index (χ3v) is 6.22. The van der Waals surface area contributed by atoms with Crippen LogP contribution in [-0.4, -0.2) is 124 Å². The number of nitrogens with zero attached hydrogens (tertiary/aromatic N) is 5. The number of nitrogens with one attached hydrogen (secondary N) is 1. The van der Waals surface area contributed by atoms with Crippen LogP contribution in [0.3, 0.4) is 0 Å². The molecule has 13 N–H and O–H groups in total. The molecular formula is C25H27F3N6O14. The van der Waals surface area contributed by atoms with E-state index in [1.165, 1.54) is 17.1 Å². The lowest BCUT2D eigenvalue weighted by Gasteiger charge is -2.48. The Hall–Kier alpha value is -4.34. The zero-order valence-electron chi connectivity index (χ0n) is 24.0. The SMILES string of the molecule is Cn1cc(-c2cnc3ccc(N(c4cc(OC(O)(O)O)cc(OC(O)(O)O)c4)C(O)(O)C(O)(O)C(O)(O)NCC(F)(F)F)cc3n2)cn1. The molecule has 48 heavy (non-hydrogen) atoms. The van der Waals surface area contributed by atoms with Crippen molar-refractivity contribution in [3.63, 3.8) is 0 Å². The standard InChI is InChI=1S/C25H27F3N6O14/c1-33-10-12(8-31-33)19-9-29-17-3-2-13(6-18(17)32-19)34(23(39,40)21(35,36)22(37,38)30-11-20(26,27)28)14-4-15(47-24(41,42)43)7-16(5-14)48-25(44,45)46/h2-10,30,35-46H,11H2,1H3. The Morgan fingerprint density at radius 1 is 0.771 bits per heavy atom. The van der Waals surface area contributed by atoms with Crippen LogP contribution in [0, 0.1) is 0 Å². The second kappa shape index (κ2) is 12.3. The molecule has 0 atom stereocenters. The van der Waals surface area contributed by atoms with Gasteiger partial charge in [-0.1, -0.05) is 0 Å². The zero-order valence-corrected chi connectivity index (χ0v) is 24.0. The maximum atomic E-state index is 12.9. The summed E-state index contributed by atoms with van der Waals surface area (Å²) in [6.07, 6.45) is -8.88. The predicted molar refractivity (Wildman–Crippen MR) is 146 cm³/mol. The molecule has 0 aliphatic carbocycles. The molecule has 0 saturated carbocycles. The van der Waals surface area contributed by atoms with Crippen molar-refractivity contribution in [1.82, 2.24) is 25.1 Å². The first-order chi connectivity index (χ1) is 21.8. The Morgan fingerprint density at radius 2 is 1.35 bits per heavy atom. The highest BCUT2D eigenvalue weighted by atomic mass is 19.4. The molecule has 20 nitrogen and oxygen atoms in total. The maximum Gasteiger partial charge on any atom is 0.453 e. The predicted octanol–water partition coefficient (Wildman–Crippen LogP) is -3.79. The van der Waals surface area contributed by atoms with Gasteiger partial charge in [0, 0.05) is 42.7 Å². The molecule has 0 aliphatic heterocycles. The highest BCUT2D eigenvalue weighted by molar-refractivity contribution is 5.83. The number of hydrogen-bond acceptors (Lipinski definition) is 19. The van der Waals surface area contributed by atoms with Crippen LogP contribution in [0.4, 0.5) is 24.5 Å². The monoisotopic (exact) mass is 692 g/mol. The average molecular weight is 693 g/mol. The molecule has 0 fully saturated rings. The van der Waals surface area contributed by atoms with Crippen LogP contribution in [0.15, 0.2) is 55.0 Å². The molecule has 0 spiro atoms. The van der Waals surface area contributed by atoms with E-state index in [1.807, 2.05) is 0 Å². The summed E-state index contributed by atoms with van der Waals surface area (Å²) < 4.78 is 48.9. The van der Waals surface area contributed by atoms with Gasteiger partial charge >= 0.3 is 30.2 Å². The third-order valence-electron chi connectivity index (χ3n) is 6.22. The van der Waals surface area contributed by atoms with Gasteiger partial charge in [-0.05, 0) is 18.2 Å². The van der Waals surface area contributed by atoms with Gasteiger partial charge in [-0.25, -0.2) is 4.98 Å². The topological polar surface area (TPSA) is 320 Å². The van der Waals surface area contributed by atoms with E-state index in [-0.39, 0.29) is 21.6 Å². The van der Waals surface area contributed by atoms with Gasteiger partial charge in [-0.15, -0.1) is 0 Å². The summed E-state index contributed by atoms with van der Waals surface area (Å²) in [4.78, 5) is 8.51. The Morgan fingerprint density at radius 3 is 1.85 bits per heavy atom. The average Bonchev–Trinajstić information content (AvgIpc) is 3.35. The summed E-state index contributed by atoms with van der Waals surface area (Å²) >= 11 is 0. The molecule has 0 bridgehead atoms. The van der Waals surface area contributed by atoms with Gasteiger partial charge in [0.25, 0.3) is 5.91 Å². The normalized spacial score (nSPS) is 13.6. The highest BCUT2D eigenvalue weighted by Gasteiger charge is 2.66. The Bertz CT molecular complexity index is 1740. The van der Waals surface area contributed by atoms with Crippen LogP contribution in [0.2, 0.25) is 0 Å². The van der Waals surface area contributed by atoms with Gasteiger partial charge in [0.2, 0.25) is 0 Å². The Labute approximate surface area is 264 Å². The van der Waals surface area contributed by atoms with Gasteiger partial charge in [-0.2, -0.15) is 18.3 Å². The van der Waals surface area contributed by atoms with E-state index in [2.05, 4.69) is 24.5 Å². The summed E-state index contributed by atoms with van der Waals surface area (Å²) in [5, 5.41) is 125. The fourth-order valence-electron chi connectivity index (χ4n) is 4.20. The van der Waals surface area contributed by atoms with Gasteiger partial charge < -0.3 is 70.8 Å². The Balaban J connectivity index is 1.98. The largest absolute Gasteiger partial charge is 0.453 e. The summed E-state index contributed by atoms with van der Waals surface area (Å²) in [5.41, 5.74) is -0.912. The zero-order chi connectivity index (χ0) is 36.1. The van der Waals surface area contributed by atoms with E-state index in [4.69, 9.17) is 0 Å². The number of alkyl halides is 3. The van der Waals surface area contributed by atoms with Crippen LogP contribution in [0.5, 0.6) is 11.5 Å². The summed E-state index contributed by atoms with van der Waals surface area (Å²) in [6.45, 7) is -2.32. The second-order valence-corrected chi connectivity index (χ2v) is 10.1. The number of rotatable bonds is 12. The maximum absolute atomic E-state index is 12.9. The number of anilines is 2. The van der Waals surface area contributed by atoms with Crippen LogP contribution < -0.4 is 19.7 Å². The van der Waals surface area contributed by atoms with Crippen molar-refractivity contribution in [3.8, 4) is 22.8 Å². The molecule has 0 amide bonds. The third kappa shape index (κ3) is 8.20. The number of aliphatic hydroxyl groups is 12. The van der Waals surface area contributed by atoms with Crippen molar-refractivity contribution < 1.29 is 83.9 Å². The van der Waals surface area contributed by atoms with Crippen molar-refractivity contribution in [2.75, 3.05) is 11.4 Å². The van der Waals surface area contributed by atoms with Crippen LogP contribution in [-0.2, 0) is 7.05 Å². The van der Waals surface area contributed by atoms with E-state index in [9.17, 15) is 74.4 Å². The molecule has 2 aromatic heterocycles. The first-order valence-electron chi connectivity index (χ1n) is 12.9. The molecule has 2 heterocycles. The quantitative estimate of drug-likeness (QED) is 0.0633. The minimum Gasteiger partial charge on any atom is -0.417 e. The molecule has 4 aromatic rings. The molecule has 23 heteroatoms. The van der Waals surface area contributed by atoms with Gasteiger partial charge in [0.15, 0.2) is 0 Å². The lowest BCUT2D eigenvalue weighted by atomic mass is 10.0. The van der Waals surface area contributed by atoms with Gasteiger partial charge in [-0.3, -0.25) is 19.9 Å². The van der Waals surface area contributed by atoms with Crippen LogP contribution in [0.25, 0.3) is 22.3 Å². The van der Waals surface area contributed by atoms with E-state index in [0.717, 1.165) is 23.5 Å². The van der Waals surface area contributed by atoms with Crippen molar-refractivity contribution in [3.05, 3.63) is 55.0 Å². The number of halogens is 3. The molecule has 4 rings (SSSR count). The van der Waals surface area contributed by atoms with E-state index < -0.39 is 65.5 Å². The number of ether oxygens (including phenoxy) is 2. The molecule has 0 saturated heterocycles. The van der Waals surface area contributed by atoms with Crippen molar-refractivity contribution in [2.45, 2.75) is 36.1 Å². The minimum absolute atomic E-state index is 0.0529. The van der Waals surface area contributed by atoms with E-state index >= 15 is 0 Å². The lowest BCUT2D eigenvalue weighted by Crippen LogP contribution is -2.77. The summed E-state index contributed by atoms with van der Waals surface area (Å²) in [7, 11) is 1.61. The van der Waals surface area contributed by atoms with Crippen molar-refractivity contribution in [2.24, 2.45) is 7.05 Å². The molecule has 0 radical (unpaired) electrons. The lowest BCUT2D eigenvalue weighted by molar-refractivity contribution is -0.458. The summed E-state index contributed by atoms with van der Waals surface area (Å²) in [5.74, 6) is -16.0. The van der Waals surface area contributed by atoms with E-state index in [0.29, 0.717) is 23.8 Å². The summed E-state index contributed by atoms with van der Waals surface area (Å²) in [6, 6.07) is 4.67. The van der Waals surface area contributed by atoms with Crippen molar-refractivity contribution >= 4 is 22.4 Å². The van der Waals surface area contributed by atoms with Crippen molar-refractivity contribution in [1.29, 1.82) is 0 Å². The van der Waals surface area contributed by atoms with Gasteiger partial charge in [0.05, 0.1) is 41.4 Å². The fraction of sp³-hybridized carbons (Fsp3) is 0.320. The number of aryl methyl sites for hydroxylation is 1. The molecular weight excluding hydrogens is 665 g/mol. The Kier molecular flexibility index (Phi) is 9.33. The number of benzene rings is 2. The first kappa shape index (κ1) is 36.5. The highest BCUT2D eigenvalue weighted by Crippen LogP contribution is 2.43. The number of aromatic nitrogens is 4. The van der Waals surface area contributed by atoms with Crippen LogP contribution >= 0.6 is 0 Å². The number of hydrogen-bond donors (Lipinski definition) is 13. The smallest absolute Gasteiger partial charge is 0.417 e. The van der Waals surface area contributed by atoms with Crippen LogP contribution in [0.1, 0.15) is 0 Å².